The van der Waals surface area contributed by atoms with Crippen LogP contribution in [0.4, 0.5) is 4.39 Å². The van der Waals surface area contributed by atoms with Crippen LogP contribution in [0.1, 0.15) is 24.2 Å². The number of carbonyl (C=O) groups is 2. The highest BCUT2D eigenvalue weighted by molar-refractivity contribution is 6.30. The van der Waals surface area contributed by atoms with E-state index in [1.165, 1.54) is 33.1 Å². The molecule has 2 aromatic rings. The van der Waals surface area contributed by atoms with Crippen molar-refractivity contribution in [1.82, 2.24) is 0 Å². The Kier molecular flexibility index (Phi) is 6.21. The highest BCUT2D eigenvalue weighted by Crippen LogP contribution is 2.23. The molecule has 138 valence electrons. The predicted molar refractivity (Wildman–Crippen MR) is 94.4 cm³/mol. The molecule has 2 rings (SSSR count). The van der Waals surface area contributed by atoms with Crippen LogP contribution in [0.15, 0.2) is 42.5 Å². The van der Waals surface area contributed by atoms with Gasteiger partial charge in [-0.05, 0) is 56.3 Å². The first-order valence-electron chi connectivity index (χ1n) is 7.71. The first-order valence-corrected chi connectivity index (χ1v) is 8.09. The van der Waals surface area contributed by atoms with Crippen molar-refractivity contribution in [3.05, 3.63) is 58.9 Å². The number of hydrogen-bond donors (Lipinski definition) is 0. The van der Waals surface area contributed by atoms with Crippen molar-refractivity contribution in [2.24, 2.45) is 0 Å². The monoisotopic (exact) mass is 380 g/mol. The van der Waals surface area contributed by atoms with Crippen LogP contribution in [0.5, 0.6) is 11.5 Å². The Morgan fingerprint density at radius 2 is 1.77 bits per heavy atom. The number of esters is 1. The maximum absolute atomic E-state index is 13.4. The minimum absolute atomic E-state index is 0.00303. The molecule has 0 saturated heterocycles. The zero-order valence-electron chi connectivity index (χ0n) is 14.5. The van der Waals surface area contributed by atoms with Gasteiger partial charge in [-0.15, -0.1) is 0 Å². The Hall–Kier alpha value is -2.60. The first kappa shape index (κ1) is 19.7. The Balaban J connectivity index is 2.01. The summed E-state index contributed by atoms with van der Waals surface area (Å²) >= 11 is 5.80. The van der Waals surface area contributed by atoms with Crippen molar-refractivity contribution in [3.8, 4) is 11.5 Å². The number of benzene rings is 2. The van der Waals surface area contributed by atoms with Crippen molar-refractivity contribution < 1.29 is 28.2 Å². The predicted octanol–water partition coefficient (Wildman–Crippen LogP) is 4.07. The smallest absolute Gasteiger partial charge is 0.350 e. The summed E-state index contributed by atoms with van der Waals surface area (Å²) in [6.45, 7) is 2.46. The molecule has 0 aliphatic heterocycles. The molecule has 26 heavy (non-hydrogen) atoms. The Labute approximate surface area is 155 Å². The summed E-state index contributed by atoms with van der Waals surface area (Å²) in [5.41, 5.74) is -1.34. The van der Waals surface area contributed by atoms with Crippen LogP contribution in [0.25, 0.3) is 0 Å². The van der Waals surface area contributed by atoms with Gasteiger partial charge in [-0.1, -0.05) is 11.6 Å². The summed E-state index contributed by atoms with van der Waals surface area (Å²) in [7, 11) is 1.36. The highest BCUT2D eigenvalue weighted by atomic mass is 35.5. The van der Waals surface area contributed by atoms with Gasteiger partial charge in [0.15, 0.2) is 12.2 Å². The van der Waals surface area contributed by atoms with Crippen LogP contribution in [0.3, 0.4) is 0 Å². The maximum Gasteiger partial charge on any atom is 0.350 e. The number of hydrogen-bond acceptors (Lipinski definition) is 5. The normalized spacial score (nSPS) is 11.0. The lowest BCUT2D eigenvalue weighted by Crippen LogP contribution is -2.40. The molecule has 0 atom stereocenters. The lowest BCUT2D eigenvalue weighted by Gasteiger charge is -2.24. The van der Waals surface area contributed by atoms with Crippen molar-refractivity contribution >= 4 is 23.4 Å². The van der Waals surface area contributed by atoms with Crippen molar-refractivity contribution in [2.75, 3.05) is 13.7 Å². The zero-order valence-corrected chi connectivity index (χ0v) is 15.3. The third-order valence-electron chi connectivity index (χ3n) is 3.47. The van der Waals surface area contributed by atoms with E-state index in [0.29, 0.717) is 10.8 Å². The average Bonchev–Trinajstić information content (AvgIpc) is 2.61. The van der Waals surface area contributed by atoms with Gasteiger partial charge in [0.05, 0.1) is 12.7 Å². The van der Waals surface area contributed by atoms with Gasteiger partial charge in [0.2, 0.25) is 5.78 Å². The fraction of sp³-hybridized carbons (Fsp3) is 0.263. The molecule has 2 aromatic carbocycles. The molecule has 0 unspecified atom stereocenters. The van der Waals surface area contributed by atoms with E-state index < -0.39 is 29.8 Å². The van der Waals surface area contributed by atoms with Crippen LogP contribution in [0, 0.1) is 5.82 Å². The standard InChI is InChI=1S/C19H18ClFO5/c1-19(2,26-14-7-4-12(20)5-8-14)18(23)25-11-16(22)15-10-13(21)6-9-17(15)24-3/h4-10H,11H2,1-3H3. The maximum atomic E-state index is 13.4. The number of carbonyl (C=O) groups excluding carboxylic acids is 2. The Morgan fingerprint density at radius 3 is 2.38 bits per heavy atom. The van der Waals surface area contributed by atoms with Crippen LogP contribution in [-0.4, -0.2) is 31.1 Å². The number of ketones is 1. The van der Waals surface area contributed by atoms with Gasteiger partial charge in [-0.2, -0.15) is 0 Å². The first-order chi connectivity index (χ1) is 12.2. The number of Topliss-reactive ketones (excluding diaryl/α,β-unsaturated/α-hetero) is 1. The third-order valence-corrected chi connectivity index (χ3v) is 3.73. The van der Waals surface area contributed by atoms with E-state index in [9.17, 15) is 14.0 Å². The second-order valence-electron chi connectivity index (χ2n) is 5.91. The molecule has 0 aliphatic rings. The fourth-order valence-electron chi connectivity index (χ4n) is 2.12. The molecular formula is C19H18ClFO5. The van der Waals surface area contributed by atoms with Gasteiger partial charge in [0.25, 0.3) is 0 Å². The zero-order chi connectivity index (χ0) is 19.3. The van der Waals surface area contributed by atoms with E-state index in [0.717, 1.165) is 6.07 Å². The molecule has 0 spiro atoms. The number of methoxy groups -OCH3 is 1. The van der Waals surface area contributed by atoms with Gasteiger partial charge in [0, 0.05) is 5.02 Å². The molecule has 0 aromatic heterocycles. The third kappa shape index (κ3) is 4.95. The molecule has 5 nitrogen and oxygen atoms in total. The summed E-state index contributed by atoms with van der Waals surface area (Å²) in [6, 6.07) is 10.0. The molecule has 0 aliphatic carbocycles. The van der Waals surface area contributed by atoms with Crippen LogP contribution in [-0.2, 0) is 9.53 Å². The molecule has 7 heteroatoms. The Bertz CT molecular complexity index is 802. The summed E-state index contributed by atoms with van der Waals surface area (Å²) in [6.07, 6.45) is 0. The Morgan fingerprint density at radius 1 is 1.12 bits per heavy atom. The minimum Gasteiger partial charge on any atom is -0.496 e. The van der Waals surface area contributed by atoms with Gasteiger partial charge < -0.3 is 14.2 Å². The van der Waals surface area contributed by atoms with E-state index in [-0.39, 0.29) is 11.3 Å². The van der Waals surface area contributed by atoms with E-state index in [2.05, 4.69) is 0 Å². The summed E-state index contributed by atoms with van der Waals surface area (Å²) in [4.78, 5) is 24.5. The van der Waals surface area contributed by atoms with Crippen molar-refractivity contribution in [3.63, 3.8) is 0 Å². The molecular weight excluding hydrogens is 363 g/mol. The largest absolute Gasteiger partial charge is 0.496 e. The second-order valence-corrected chi connectivity index (χ2v) is 6.35. The van der Waals surface area contributed by atoms with Crippen LogP contribution in [0.2, 0.25) is 5.02 Å². The molecule has 0 amide bonds. The summed E-state index contributed by atoms with van der Waals surface area (Å²) in [5.74, 6) is -1.29. The van der Waals surface area contributed by atoms with Gasteiger partial charge in [-0.25, -0.2) is 9.18 Å². The average molecular weight is 381 g/mol. The van der Waals surface area contributed by atoms with E-state index >= 15 is 0 Å². The van der Waals surface area contributed by atoms with Gasteiger partial charge >= 0.3 is 5.97 Å². The van der Waals surface area contributed by atoms with Gasteiger partial charge in [0.1, 0.15) is 17.3 Å². The van der Waals surface area contributed by atoms with E-state index in [4.69, 9.17) is 25.8 Å². The molecule has 0 N–H and O–H groups in total. The lowest BCUT2D eigenvalue weighted by molar-refractivity contribution is -0.158. The SMILES string of the molecule is COc1ccc(F)cc1C(=O)COC(=O)C(C)(C)Oc1ccc(Cl)cc1. The second kappa shape index (κ2) is 8.19. The van der Waals surface area contributed by atoms with Crippen molar-refractivity contribution in [2.45, 2.75) is 19.4 Å². The highest BCUT2D eigenvalue weighted by Gasteiger charge is 2.32. The van der Waals surface area contributed by atoms with Crippen LogP contribution >= 0.6 is 11.6 Å². The minimum atomic E-state index is -1.33. The fourth-order valence-corrected chi connectivity index (χ4v) is 2.25. The molecule has 0 fully saturated rings. The summed E-state index contributed by atoms with van der Waals surface area (Å²) in [5, 5.41) is 0.535. The topological polar surface area (TPSA) is 61.8 Å². The van der Waals surface area contributed by atoms with Crippen LogP contribution < -0.4 is 9.47 Å². The van der Waals surface area contributed by atoms with E-state index in [1.807, 2.05) is 0 Å². The quantitative estimate of drug-likeness (QED) is 0.535. The molecule has 0 bridgehead atoms. The number of halogens is 2. The molecule has 0 saturated carbocycles. The van der Waals surface area contributed by atoms with Crippen molar-refractivity contribution in [1.29, 1.82) is 0 Å². The number of rotatable bonds is 7. The summed E-state index contributed by atoms with van der Waals surface area (Å²) < 4.78 is 29.0. The number of ether oxygens (including phenoxy) is 3. The van der Waals surface area contributed by atoms with Gasteiger partial charge in [-0.3, -0.25) is 4.79 Å². The molecule has 0 radical (unpaired) electrons. The van der Waals surface area contributed by atoms with E-state index in [1.54, 1.807) is 24.3 Å². The molecule has 0 heterocycles. The lowest BCUT2D eigenvalue weighted by atomic mass is 10.1.